The molecule has 0 amide bonds. The van der Waals surface area contributed by atoms with Gasteiger partial charge in [0.1, 0.15) is 17.5 Å². The fourth-order valence-corrected chi connectivity index (χ4v) is 1.75. The molecule has 0 radical (unpaired) electrons. The Morgan fingerprint density at radius 3 is 2.47 bits per heavy atom. The summed E-state index contributed by atoms with van der Waals surface area (Å²) in [5.41, 5.74) is 2.24. The largest absolute Gasteiger partial charge is 0.329 e. The Kier molecular flexibility index (Phi) is 3.62. The number of aryl methyl sites for hydroxylation is 2. The summed E-state index contributed by atoms with van der Waals surface area (Å²) in [5, 5.41) is 11.2. The summed E-state index contributed by atoms with van der Waals surface area (Å²) in [6.45, 7) is 3.85. The minimum absolute atomic E-state index is 0.504. The van der Waals surface area contributed by atoms with Crippen molar-refractivity contribution in [3.05, 3.63) is 41.7 Å². The quantitative estimate of drug-likeness (QED) is 0.673. The number of nitriles is 1. The summed E-state index contributed by atoms with van der Waals surface area (Å²) in [6, 6.07) is 9.91. The average molecular weight is 253 g/mol. The van der Waals surface area contributed by atoms with E-state index < -0.39 is 0 Å². The maximum Gasteiger partial charge on any atom is 0.182 e. The van der Waals surface area contributed by atoms with Crippen molar-refractivity contribution in [1.29, 1.82) is 5.26 Å². The van der Waals surface area contributed by atoms with E-state index in [0.29, 0.717) is 11.6 Å². The van der Waals surface area contributed by atoms with Gasteiger partial charge in [-0.05, 0) is 26.0 Å². The van der Waals surface area contributed by atoms with Gasteiger partial charge in [-0.25, -0.2) is 9.97 Å². The summed E-state index contributed by atoms with van der Waals surface area (Å²) < 4.78 is 0. The molecule has 2 rings (SSSR count). The smallest absolute Gasteiger partial charge is 0.182 e. The molecule has 0 fully saturated rings. The molecule has 19 heavy (non-hydrogen) atoms. The van der Waals surface area contributed by atoms with Gasteiger partial charge in [0.2, 0.25) is 0 Å². The van der Waals surface area contributed by atoms with Crippen molar-refractivity contribution in [2.24, 2.45) is 0 Å². The molecule has 0 aliphatic heterocycles. The van der Waals surface area contributed by atoms with Crippen LogP contribution in [0.5, 0.6) is 0 Å². The number of rotatable bonds is 3. The Bertz CT molecular complexity index is 613. The van der Waals surface area contributed by atoms with Gasteiger partial charge in [0, 0.05) is 18.8 Å². The van der Waals surface area contributed by atoms with Crippen LogP contribution in [0, 0.1) is 25.3 Å². The highest BCUT2D eigenvalue weighted by molar-refractivity contribution is 5.62. The highest BCUT2D eigenvalue weighted by Gasteiger charge is 2.08. The topological polar surface area (TPSA) is 64.8 Å². The zero-order chi connectivity index (χ0) is 13.8. The first-order chi connectivity index (χ1) is 9.10. The van der Waals surface area contributed by atoms with E-state index in [-0.39, 0.29) is 0 Å². The van der Waals surface area contributed by atoms with Gasteiger partial charge in [-0.3, -0.25) is 5.32 Å². The molecule has 0 aliphatic rings. The van der Waals surface area contributed by atoms with Crippen LogP contribution in [0.2, 0.25) is 0 Å². The Morgan fingerprint density at radius 2 is 1.84 bits per heavy atom. The number of hydrogen-bond acceptors (Lipinski definition) is 5. The van der Waals surface area contributed by atoms with Crippen molar-refractivity contribution >= 4 is 17.3 Å². The van der Waals surface area contributed by atoms with Gasteiger partial charge < -0.3 is 4.90 Å². The number of hydrogen-bond donors (Lipinski definition) is 1. The Morgan fingerprint density at radius 1 is 1.16 bits per heavy atom. The van der Waals surface area contributed by atoms with Crippen molar-refractivity contribution in [2.75, 3.05) is 17.3 Å². The molecule has 2 aromatic rings. The maximum atomic E-state index is 8.65. The standard InChI is InChI=1S/C14H15N5/c1-10-4-6-12(7-5-10)19(3)14-8-13(16-9-15)17-11(2)18-14/h4-8H,1-3H3,(H,16,17,18). The molecule has 0 bridgehead atoms. The van der Waals surface area contributed by atoms with Crippen molar-refractivity contribution in [3.8, 4) is 6.19 Å². The molecule has 0 unspecified atom stereocenters. The van der Waals surface area contributed by atoms with Crippen LogP contribution in [0.15, 0.2) is 30.3 Å². The Hall–Kier alpha value is -2.61. The molecule has 1 heterocycles. The lowest BCUT2D eigenvalue weighted by atomic mass is 10.2. The third-order valence-electron chi connectivity index (χ3n) is 2.77. The van der Waals surface area contributed by atoms with Gasteiger partial charge in [-0.2, -0.15) is 5.26 Å². The second-order valence-corrected chi connectivity index (χ2v) is 4.29. The van der Waals surface area contributed by atoms with Gasteiger partial charge in [0.05, 0.1) is 0 Å². The minimum atomic E-state index is 0.504. The number of aromatic nitrogens is 2. The third kappa shape index (κ3) is 2.99. The second kappa shape index (κ2) is 5.36. The second-order valence-electron chi connectivity index (χ2n) is 4.29. The molecule has 1 aromatic heterocycles. The van der Waals surface area contributed by atoms with Gasteiger partial charge >= 0.3 is 0 Å². The number of nitrogens with one attached hydrogen (secondary N) is 1. The molecule has 5 heteroatoms. The van der Waals surface area contributed by atoms with Gasteiger partial charge in [-0.1, -0.05) is 17.7 Å². The lowest BCUT2D eigenvalue weighted by Gasteiger charge is -2.19. The van der Waals surface area contributed by atoms with E-state index in [0.717, 1.165) is 11.5 Å². The first-order valence-corrected chi connectivity index (χ1v) is 5.91. The fraction of sp³-hybridized carbons (Fsp3) is 0.214. The maximum absolute atomic E-state index is 8.65. The molecule has 0 spiro atoms. The van der Waals surface area contributed by atoms with Crippen molar-refractivity contribution < 1.29 is 0 Å². The summed E-state index contributed by atoms with van der Waals surface area (Å²) in [6.07, 6.45) is 1.87. The molecule has 0 saturated heterocycles. The van der Waals surface area contributed by atoms with E-state index in [1.54, 1.807) is 13.0 Å². The molecule has 0 atom stereocenters. The highest BCUT2D eigenvalue weighted by atomic mass is 15.2. The van der Waals surface area contributed by atoms with Crippen LogP contribution in [0.3, 0.4) is 0 Å². The minimum Gasteiger partial charge on any atom is -0.329 e. The molecule has 0 saturated carbocycles. The van der Waals surface area contributed by atoms with Crippen molar-refractivity contribution in [3.63, 3.8) is 0 Å². The number of benzene rings is 1. The Labute approximate surface area is 112 Å². The van der Waals surface area contributed by atoms with Crippen molar-refractivity contribution in [1.82, 2.24) is 9.97 Å². The molecular formula is C14H15N5. The monoisotopic (exact) mass is 253 g/mol. The van der Waals surface area contributed by atoms with Crippen molar-refractivity contribution in [2.45, 2.75) is 13.8 Å². The molecule has 0 aliphatic carbocycles. The summed E-state index contributed by atoms with van der Waals surface area (Å²) in [7, 11) is 1.93. The fourth-order valence-electron chi connectivity index (χ4n) is 1.75. The van der Waals surface area contributed by atoms with Crippen LogP contribution in [0.1, 0.15) is 11.4 Å². The van der Waals surface area contributed by atoms with E-state index in [9.17, 15) is 0 Å². The van der Waals surface area contributed by atoms with E-state index in [1.807, 2.05) is 49.3 Å². The van der Waals surface area contributed by atoms with Crippen LogP contribution in [0.4, 0.5) is 17.3 Å². The van der Waals surface area contributed by atoms with Crippen LogP contribution in [0.25, 0.3) is 0 Å². The van der Waals surface area contributed by atoms with E-state index >= 15 is 0 Å². The third-order valence-corrected chi connectivity index (χ3v) is 2.77. The average Bonchev–Trinajstić information content (AvgIpc) is 2.38. The first-order valence-electron chi connectivity index (χ1n) is 5.91. The van der Waals surface area contributed by atoms with Crippen LogP contribution in [-0.4, -0.2) is 17.0 Å². The highest BCUT2D eigenvalue weighted by Crippen LogP contribution is 2.23. The lowest BCUT2D eigenvalue weighted by molar-refractivity contribution is 1.02. The first kappa shape index (κ1) is 12.8. The molecular weight excluding hydrogens is 238 g/mol. The predicted molar refractivity (Wildman–Crippen MR) is 75.2 cm³/mol. The number of anilines is 3. The van der Waals surface area contributed by atoms with Crippen LogP contribution < -0.4 is 10.2 Å². The van der Waals surface area contributed by atoms with E-state index in [4.69, 9.17) is 5.26 Å². The van der Waals surface area contributed by atoms with Gasteiger partial charge in [-0.15, -0.1) is 0 Å². The zero-order valence-corrected chi connectivity index (χ0v) is 11.2. The molecule has 96 valence electrons. The van der Waals surface area contributed by atoms with E-state index in [1.165, 1.54) is 5.56 Å². The summed E-state index contributed by atoms with van der Waals surface area (Å²) >= 11 is 0. The van der Waals surface area contributed by atoms with Crippen LogP contribution >= 0.6 is 0 Å². The summed E-state index contributed by atoms with van der Waals surface area (Å²) in [5.74, 6) is 1.87. The molecule has 1 N–H and O–H groups in total. The molecule has 5 nitrogen and oxygen atoms in total. The lowest BCUT2D eigenvalue weighted by Crippen LogP contribution is -2.12. The predicted octanol–water partition coefficient (Wildman–Crippen LogP) is 2.75. The Balaban J connectivity index is 2.35. The SMILES string of the molecule is Cc1ccc(N(C)c2cc(NC#N)nc(C)n2)cc1. The van der Waals surface area contributed by atoms with Crippen LogP contribution in [-0.2, 0) is 0 Å². The number of nitrogens with zero attached hydrogens (tertiary/aromatic N) is 4. The zero-order valence-electron chi connectivity index (χ0n) is 11.2. The molecule has 1 aromatic carbocycles. The van der Waals surface area contributed by atoms with Gasteiger partial charge in [0.25, 0.3) is 0 Å². The van der Waals surface area contributed by atoms with E-state index in [2.05, 4.69) is 15.3 Å². The summed E-state index contributed by atoms with van der Waals surface area (Å²) in [4.78, 5) is 10.5. The van der Waals surface area contributed by atoms with Gasteiger partial charge in [0.15, 0.2) is 6.19 Å². The normalized spacial score (nSPS) is 9.79.